The third kappa shape index (κ3) is 3.70. The summed E-state index contributed by atoms with van der Waals surface area (Å²) < 4.78 is 0. The van der Waals surface area contributed by atoms with Crippen LogP contribution in [0, 0.1) is 6.92 Å². The van der Waals surface area contributed by atoms with E-state index in [0.717, 1.165) is 16.4 Å². The van der Waals surface area contributed by atoms with Crippen molar-refractivity contribution >= 4 is 22.5 Å². The lowest BCUT2D eigenvalue weighted by Gasteiger charge is -2.20. The highest BCUT2D eigenvalue weighted by Crippen LogP contribution is 2.32. The predicted molar refractivity (Wildman–Crippen MR) is 109 cm³/mol. The Labute approximate surface area is 158 Å². The number of fused-ring (bicyclic) bond motifs is 1. The van der Waals surface area contributed by atoms with Gasteiger partial charge in [0.15, 0.2) is 5.16 Å². The number of aromatic nitrogens is 2. The molecule has 1 heterocycles. The molecule has 0 aliphatic heterocycles. The molecule has 1 saturated carbocycles. The van der Waals surface area contributed by atoms with Gasteiger partial charge >= 0.3 is 0 Å². The third-order valence-electron chi connectivity index (χ3n) is 5.30. The summed E-state index contributed by atoms with van der Waals surface area (Å²) >= 11 is 1.75. The van der Waals surface area contributed by atoms with E-state index in [9.17, 15) is 4.79 Å². The van der Waals surface area contributed by atoms with E-state index >= 15 is 0 Å². The highest BCUT2D eigenvalue weighted by atomic mass is 32.2. The monoisotopic (exact) mass is 364 g/mol. The molecule has 3 aromatic rings. The first kappa shape index (κ1) is 17.3. The number of nitrogens with one attached hydrogen (secondary N) is 1. The molecule has 1 fully saturated rings. The fourth-order valence-corrected chi connectivity index (χ4v) is 4.95. The van der Waals surface area contributed by atoms with Crippen LogP contribution < -0.4 is 5.56 Å². The van der Waals surface area contributed by atoms with Gasteiger partial charge < -0.3 is 4.98 Å². The molecule has 1 N–H and O–H groups in total. The molecule has 4 heteroatoms. The van der Waals surface area contributed by atoms with Gasteiger partial charge in [-0.15, -0.1) is 0 Å². The zero-order chi connectivity index (χ0) is 17.9. The van der Waals surface area contributed by atoms with E-state index in [1.807, 2.05) is 6.92 Å². The minimum absolute atomic E-state index is 0.00598. The minimum Gasteiger partial charge on any atom is -0.301 e. The summed E-state index contributed by atoms with van der Waals surface area (Å²) in [4.78, 5) is 20.3. The Morgan fingerprint density at radius 1 is 1.08 bits per heavy atom. The molecule has 1 aliphatic carbocycles. The van der Waals surface area contributed by atoms with Crippen LogP contribution in [0.4, 0.5) is 0 Å². The molecule has 3 nitrogen and oxygen atoms in total. The smallest absolute Gasteiger partial charge is 0.254 e. The van der Waals surface area contributed by atoms with Gasteiger partial charge in [-0.05, 0) is 36.1 Å². The largest absolute Gasteiger partial charge is 0.301 e. The zero-order valence-electron chi connectivity index (χ0n) is 15.1. The fraction of sp³-hybridized carbons (Fsp3) is 0.364. The predicted octanol–water partition coefficient (Wildman–Crippen LogP) is 5.25. The zero-order valence-corrected chi connectivity index (χ0v) is 15.9. The molecule has 26 heavy (non-hydrogen) atoms. The molecule has 1 aromatic heterocycles. The van der Waals surface area contributed by atoms with Gasteiger partial charge in [0, 0.05) is 17.2 Å². The SMILES string of the molecule is Cc1c(Cc2cccc3ccccc23)nc(SC2CCCCC2)[nH]c1=O. The average molecular weight is 365 g/mol. The number of nitrogens with zero attached hydrogens (tertiary/aromatic N) is 1. The summed E-state index contributed by atoms with van der Waals surface area (Å²) in [5, 5.41) is 3.82. The maximum absolute atomic E-state index is 12.4. The Morgan fingerprint density at radius 2 is 1.85 bits per heavy atom. The second kappa shape index (κ2) is 7.67. The number of hydrogen-bond donors (Lipinski definition) is 1. The van der Waals surface area contributed by atoms with E-state index in [1.165, 1.54) is 48.4 Å². The molecular weight excluding hydrogens is 340 g/mol. The summed E-state index contributed by atoms with van der Waals surface area (Å²) in [5.41, 5.74) is 2.83. The van der Waals surface area contributed by atoms with Gasteiger partial charge in [-0.25, -0.2) is 4.98 Å². The van der Waals surface area contributed by atoms with Crippen molar-refractivity contribution in [3.8, 4) is 0 Å². The summed E-state index contributed by atoms with van der Waals surface area (Å²) in [6, 6.07) is 14.7. The average Bonchev–Trinajstić information content (AvgIpc) is 2.67. The van der Waals surface area contributed by atoms with Gasteiger partial charge in [0.25, 0.3) is 5.56 Å². The fourth-order valence-electron chi connectivity index (χ4n) is 3.75. The molecule has 1 aliphatic rings. The van der Waals surface area contributed by atoms with Crippen LogP contribution in [-0.2, 0) is 6.42 Å². The molecule has 0 saturated heterocycles. The first-order chi connectivity index (χ1) is 12.7. The van der Waals surface area contributed by atoms with Gasteiger partial charge in [0.05, 0.1) is 5.69 Å². The van der Waals surface area contributed by atoms with Crippen LogP contribution in [0.2, 0.25) is 0 Å². The Balaban J connectivity index is 1.66. The second-order valence-corrected chi connectivity index (χ2v) is 8.42. The Kier molecular flexibility index (Phi) is 5.11. The Morgan fingerprint density at radius 3 is 2.69 bits per heavy atom. The lowest BCUT2D eigenvalue weighted by molar-refractivity contribution is 0.515. The van der Waals surface area contributed by atoms with Crippen molar-refractivity contribution in [3.63, 3.8) is 0 Å². The maximum Gasteiger partial charge on any atom is 0.254 e. The maximum atomic E-state index is 12.4. The van der Waals surface area contributed by atoms with Gasteiger partial charge in [-0.3, -0.25) is 4.79 Å². The van der Waals surface area contributed by atoms with Crippen LogP contribution in [0.5, 0.6) is 0 Å². The molecule has 0 unspecified atom stereocenters. The molecule has 2 aromatic carbocycles. The quantitative estimate of drug-likeness (QED) is 0.643. The number of H-pyrrole nitrogens is 1. The van der Waals surface area contributed by atoms with E-state index in [2.05, 4.69) is 47.4 Å². The van der Waals surface area contributed by atoms with Crippen LogP contribution in [0.25, 0.3) is 10.8 Å². The molecule has 0 spiro atoms. The van der Waals surface area contributed by atoms with E-state index in [-0.39, 0.29) is 5.56 Å². The van der Waals surface area contributed by atoms with Gasteiger partial charge in [-0.2, -0.15) is 0 Å². The number of benzene rings is 2. The number of hydrogen-bond acceptors (Lipinski definition) is 3. The van der Waals surface area contributed by atoms with Crippen molar-refractivity contribution < 1.29 is 0 Å². The lowest BCUT2D eigenvalue weighted by atomic mass is 9.99. The summed E-state index contributed by atoms with van der Waals surface area (Å²) in [6.07, 6.45) is 7.05. The molecular formula is C22H24N2OS. The molecule has 4 rings (SSSR count). The number of thioether (sulfide) groups is 1. The van der Waals surface area contributed by atoms with Crippen LogP contribution in [0.3, 0.4) is 0 Å². The van der Waals surface area contributed by atoms with Crippen LogP contribution in [0.1, 0.15) is 48.9 Å². The number of aromatic amines is 1. The van der Waals surface area contributed by atoms with Crippen LogP contribution in [0.15, 0.2) is 52.4 Å². The van der Waals surface area contributed by atoms with Crippen LogP contribution in [-0.4, -0.2) is 15.2 Å². The highest BCUT2D eigenvalue weighted by molar-refractivity contribution is 7.99. The molecule has 0 atom stereocenters. The molecule has 0 bridgehead atoms. The van der Waals surface area contributed by atoms with Crippen molar-refractivity contribution in [3.05, 3.63) is 69.6 Å². The molecule has 0 radical (unpaired) electrons. The van der Waals surface area contributed by atoms with Crippen molar-refractivity contribution in [2.75, 3.05) is 0 Å². The van der Waals surface area contributed by atoms with Gasteiger partial charge in [0.2, 0.25) is 0 Å². The third-order valence-corrected chi connectivity index (χ3v) is 6.52. The molecule has 134 valence electrons. The summed E-state index contributed by atoms with van der Waals surface area (Å²) in [5.74, 6) is 0. The van der Waals surface area contributed by atoms with Crippen molar-refractivity contribution in [1.82, 2.24) is 9.97 Å². The van der Waals surface area contributed by atoms with Crippen molar-refractivity contribution in [1.29, 1.82) is 0 Å². The van der Waals surface area contributed by atoms with Crippen molar-refractivity contribution in [2.24, 2.45) is 0 Å². The second-order valence-electron chi connectivity index (χ2n) is 7.14. The Bertz CT molecular complexity index is 968. The van der Waals surface area contributed by atoms with E-state index in [4.69, 9.17) is 4.98 Å². The topological polar surface area (TPSA) is 45.8 Å². The number of rotatable bonds is 4. The Hall–Kier alpha value is -2.07. The van der Waals surface area contributed by atoms with E-state index < -0.39 is 0 Å². The standard InChI is InChI=1S/C22H24N2OS/c1-15-20(14-17-10-7-9-16-8-5-6-13-19(16)17)23-22(24-21(15)25)26-18-11-3-2-4-12-18/h5-10,13,18H,2-4,11-12,14H2,1H3,(H,23,24,25). The van der Waals surface area contributed by atoms with E-state index in [1.54, 1.807) is 11.8 Å². The first-order valence-corrected chi connectivity index (χ1v) is 10.3. The minimum atomic E-state index is -0.00598. The first-order valence-electron chi connectivity index (χ1n) is 9.44. The van der Waals surface area contributed by atoms with Crippen LogP contribution >= 0.6 is 11.8 Å². The normalized spacial score (nSPS) is 15.4. The summed E-state index contributed by atoms with van der Waals surface area (Å²) in [7, 11) is 0. The lowest BCUT2D eigenvalue weighted by Crippen LogP contribution is -2.18. The van der Waals surface area contributed by atoms with Gasteiger partial charge in [-0.1, -0.05) is 73.5 Å². The van der Waals surface area contributed by atoms with E-state index in [0.29, 0.717) is 11.7 Å². The van der Waals surface area contributed by atoms with Crippen molar-refractivity contribution in [2.45, 2.75) is 55.9 Å². The molecule has 0 amide bonds. The highest BCUT2D eigenvalue weighted by Gasteiger charge is 2.17. The van der Waals surface area contributed by atoms with Gasteiger partial charge in [0.1, 0.15) is 0 Å². The summed E-state index contributed by atoms with van der Waals surface area (Å²) in [6.45, 7) is 1.88.